The van der Waals surface area contributed by atoms with Crippen molar-refractivity contribution < 1.29 is 14.3 Å². The van der Waals surface area contributed by atoms with Crippen molar-refractivity contribution in [2.45, 2.75) is 46.2 Å². The van der Waals surface area contributed by atoms with Crippen molar-refractivity contribution in [3.63, 3.8) is 0 Å². The van der Waals surface area contributed by atoms with Crippen molar-refractivity contribution in [3.05, 3.63) is 88.7 Å². The Hall–Kier alpha value is -3.41. The number of amides is 1. The molecule has 0 spiro atoms. The Kier molecular flexibility index (Phi) is 7.60. The number of nitrogens with one attached hydrogen (secondary N) is 1. The lowest BCUT2D eigenvalue weighted by Crippen LogP contribution is -2.32. The molecule has 1 amide bonds. The molecule has 1 atom stereocenters. The number of hydrogen-bond donors (Lipinski definition) is 1. The Morgan fingerprint density at radius 3 is 2.32 bits per heavy atom. The van der Waals surface area contributed by atoms with Crippen molar-refractivity contribution in [2.75, 3.05) is 6.61 Å². The normalized spacial score (nSPS) is 11.7. The lowest BCUT2D eigenvalue weighted by Gasteiger charge is -2.18. The van der Waals surface area contributed by atoms with Crippen molar-refractivity contribution >= 4 is 11.9 Å². The van der Waals surface area contributed by atoms with Crippen LogP contribution in [0.25, 0.3) is 0 Å². The summed E-state index contributed by atoms with van der Waals surface area (Å²) in [5, 5.41) is 7.45. The molecule has 3 rings (SSSR count). The molecule has 6 nitrogen and oxygen atoms in total. The summed E-state index contributed by atoms with van der Waals surface area (Å²) in [5.74, 6) is -0.848. The predicted octanol–water partition coefficient (Wildman–Crippen LogP) is 4.36. The molecular formula is C25H29N3O3. The van der Waals surface area contributed by atoms with E-state index in [1.165, 1.54) is 0 Å². The molecule has 0 unspecified atom stereocenters. The Morgan fingerprint density at radius 1 is 1.03 bits per heavy atom. The molecule has 1 N–H and O–H groups in total. The van der Waals surface area contributed by atoms with Gasteiger partial charge in [0.15, 0.2) is 6.61 Å². The third-order valence-electron chi connectivity index (χ3n) is 5.21. The fourth-order valence-corrected chi connectivity index (χ4v) is 3.64. The highest BCUT2D eigenvalue weighted by Gasteiger charge is 2.22. The van der Waals surface area contributed by atoms with Crippen molar-refractivity contribution in [1.82, 2.24) is 15.1 Å². The van der Waals surface area contributed by atoms with Gasteiger partial charge in [-0.3, -0.25) is 9.48 Å². The first-order chi connectivity index (χ1) is 15.0. The number of esters is 1. The Labute approximate surface area is 183 Å². The number of aryl methyl sites for hydroxylation is 1. The molecule has 31 heavy (non-hydrogen) atoms. The molecule has 0 radical (unpaired) electrons. The fourth-order valence-electron chi connectivity index (χ4n) is 3.64. The maximum atomic E-state index is 12.7. The molecule has 0 aliphatic heterocycles. The molecule has 0 aliphatic carbocycles. The highest BCUT2D eigenvalue weighted by atomic mass is 16.5. The molecule has 0 fully saturated rings. The maximum absolute atomic E-state index is 12.7. The number of carbonyl (C=O) groups is 2. The number of ether oxygens (including phenoxy) is 1. The summed E-state index contributed by atoms with van der Waals surface area (Å²) < 4.78 is 7.11. The van der Waals surface area contributed by atoms with Crippen LogP contribution in [0, 0.1) is 13.8 Å². The van der Waals surface area contributed by atoms with Gasteiger partial charge < -0.3 is 10.1 Å². The second-order valence-electron chi connectivity index (χ2n) is 7.58. The molecule has 1 heterocycles. The van der Waals surface area contributed by atoms with Gasteiger partial charge in [-0.15, -0.1) is 0 Å². The van der Waals surface area contributed by atoms with E-state index in [1.54, 1.807) is 11.6 Å². The Bertz CT molecular complexity index is 1010. The van der Waals surface area contributed by atoms with Gasteiger partial charge in [0.05, 0.1) is 24.0 Å². The molecule has 6 heteroatoms. The van der Waals surface area contributed by atoms with E-state index >= 15 is 0 Å². The minimum absolute atomic E-state index is 0.102. The van der Waals surface area contributed by atoms with Crippen LogP contribution in [0.5, 0.6) is 0 Å². The lowest BCUT2D eigenvalue weighted by molar-refractivity contribution is -0.125. The molecular weight excluding hydrogens is 390 g/mol. The van der Waals surface area contributed by atoms with E-state index in [4.69, 9.17) is 4.74 Å². The smallest absolute Gasteiger partial charge is 0.342 e. The number of aromatic nitrogens is 2. The molecule has 0 aliphatic rings. The van der Waals surface area contributed by atoms with Crippen LogP contribution in [0.2, 0.25) is 0 Å². The van der Waals surface area contributed by atoms with Crippen molar-refractivity contribution in [3.8, 4) is 0 Å². The van der Waals surface area contributed by atoms with E-state index in [1.807, 2.05) is 67.6 Å². The zero-order valence-electron chi connectivity index (χ0n) is 18.3. The summed E-state index contributed by atoms with van der Waals surface area (Å²) in [5.41, 5.74) is 3.86. The number of hydrogen-bond acceptors (Lipinski definition) is 4. The van der Waals surface area contributed by atoms with Gasteiger partial charge in [-0.05, 0) is 31.4 Å². The van der Waals surface area contributed by atoms with Crippen molar-refractivity contribution in [2.24, 2.45) is 0 Å². The number of nitrogens with zero attached hydrogens (tertiary/aromatic N) is 2. The standard InChI is InChI=1S/C25H29N3O3/c1-4-11-22(21-14-9-6-10-15-21)26-23(29)17-31-25(30)24-18(2)27-28(19(24)3)16-20-12-7-5-8-13-20/h5-10,12-15,22H,4,11,16-17H2,1-3H3,(H,26,29)/t22-/m0/s1. The van der Waals surface area contributed by atoms with Gasteiger partial charge in [0.1, 0.15) is 5.56 Å². The van der Waals surface area contributed by atoms with Crippen LogP contribution in [0.1, 0.15) is 58.7 Å². The summed E-state index contributed by atoms with van der Waals surface area (Å²) in [6, 6.07) is 19.6. The molecule has 0 bridgehead atoms. The van der Waals surface area contributed by atoms with E-state index in [0.717, 1.165) is 29.7 Å². The van der Waals surface area contributed by atoms with E-state index in [2.05, 4.69) is 17.3 Å². The Morgan fingerprint density at radius 2 is 1.68 bits per heavy atom. The summed E-state index contributed by atoms with van der Waals surface area (Å²) in [6.07, 6.45) is 1.74. The third-order valence-corrected chi connectivity index (χ3v) is 5.21. The zero-order valence-corrected chi connectivity index (χ0v) is 18.3. The molecule has 162 valence electrons. The first kappa shape index (κ1) is 22.3. The largest absolute Gasteiger partial charge is 0.452 e. The number of benzene rings is 2. The van der Waals surface area contributed by atoms with E-state index in [9.17, 15) is 9.59 Å². The predicted molar refractivity (Wildman–Crippen MR) is 120 cm³/mol. The summed E-state index contributed by atoms with van der Waals surface area (Å²) >= 11 is 0. The quantitative estimate of drug-likeness (QED) is 0.523. The fraction of sp³-hybridized carbons (Fsp3) is 0.320. The second kappa shape index (κ2) is 10.6. The van der Waals surface area contributed by atoms with E-state index in [-0.39, 0.29) is 18.6 Å². The number of rotatable bonds is 9. The van der Waals surface area contributed by atoms with Crippen LogP contribution >= 0.6 is 0 Å². The SMILES string of the molecule is CCC[C@H](NC(=O)COC(=O)c1c(C)nn(Cc2ccccc2)c1C)c1ccccc1. The minimum atomic E-state index is -0.531. The third kappa shape index (κ3) is 5.81. The van der Waals surface area contributed by atoms with Gasteiger partial charge in [0, 0.05) is 0 Å². The number of carbonyl (C=O) groups excluding carboxylic acids is 2. The summed E-state index contributed by atoms with van der Waals surface area (Å²) in [6.45, 7) is 5.93. The van der Waals surface area contributed by atoms with Crippen LogP contribution in [0.4, 0.5) is 0 Å². The van der Waals surface area contributed by atoms with Gasteiger partial charge in [0.25, 0.3) is 5.91 Å². The average Bonchev–Trinajstić information content (AvgIpc) is 3.06. The highest BCUT2D eigenvalue weighted by molar-refractivity contribution is 5.93. The van der Waals surface area contributed by atoms with Crippen LogP contribution < -0.4 is 5.32 Å². The zero-order chi connectivity index (χ0) is 22.2. The van der Waals surface area contributed by atoms with Crippen molar-refractivity contribution in [1.29, 1.82) is 0 Å². The molecule has 1 aromatic heterocycles. The first-order valence-electron chi connectivity index (χ1n) is 10.6. The first-order valence-corrected chi connectivity index (χ1v) is 10.6. The highest BCUT2D eigenvalue weighted by Crippen LogP contribution is 2.19. The van der Waals surface area contributed by atoms with Gasteiger partial charge in [-0.2, -0.15) is 5.10 Å². The van der Waals surface area contributed by atoms with Crippen LogP contribution in [-0.4, -0.2) is 28.3 Å². The summed E-state index contributed by atoms with van der Waals surface area (Å²) in [7, 11) is 0. The Balaban J connectivity index is 1.62. The van der Waals surface area contributed by atoms with Crippen LogP contribution in [-0.2, 0) is 16.1 Å². The average molecular weight is 420 g/mol. The minimum Gasteiger partial charge on any atom is -0.452 e. The van der Waals surface area contributed by atoms with Crippen LogP contribution in [0.15, 0.2) is 60.7 Å². The molecule has 0 saturated heterocycles. The van der Waals surface area contributed by atoms with Gasteiger partial charge >= 0.3 is 5.97 Å². The van der Waals surface area contributed by atoms with Gasteiger partial charge in [-0.1, -0.05) is 74.0 Å². The topological polar surface area (TPSA) is 73.2 Å². The van der Waals surface area contributed by atoms with Crippen LogP contribution in [0.3, 0.4) is 0 Å². The monoisotopic (exact) mass is 419 g/mol. The lowest BCUT2D eigenvalue weighted by atomic mass is 10.0. The molecule has 3 aromatic rings. The summed E-state index contributed by atoms with van der Waals surface area (Å²) in [4.78, 5) is 25.1. The second-order valence-corrected chi connectivity index (χ2v) is 7.58. The van der Waals surface area contributed by atoms with Gasteiger partial charge in [0.2, 0.25) is 0 Å². The molecule has 0 saturated carbocycles. The van der Waals surface area contributed by atoms with Gasteiger partial charge in [-0.25, -0.2) is 4.79 Å². The maximum Gasteiger partial charge on any atom is 0.342 e. The van der Waals surface area contributed by atoms with E-state index in [0.29, 0.717) is 17.8 Å². The molecule has 2 aromatic carbocycles. The van der Waals surface area contributed by atoms with E-state index < -0.39 is 5.97 Å².